The van der Waals surface area contributed by atoms with E-state index in [2.05, 4.69) is 15.2 Å². The van der Waals surface area contributed by atoms with Gasteiger partial charge in [0.1, 0.15) is 5.00 Å². The molecular formula is C25H33N5O3S. The molecule has 0 aromatic carbocycles. The van der Waals surface area contributed by atoms with Crippen molar-refractivity contribution in [2.24, 2.45) is 0 Å². The Labute approximate surface area is 204 Å². The number of nitrogens with one attached hydrogen (secondary N) is 1. The number of aromatic nitrogens is 1. The Morgan fingerprint density at radius 3 is 2.50 bits per heavy atom. The molecule has 0 saturated carbocycles. The largest absolute Gasteiger partial charge is 0.342 e. The first kappa shape index (κ1) is 24.3. The van der Waals surface area contributed by atoms with Gasteiger partial charge in [0.25, 0.3) is 11.8 Å². The Kier molecular flexibility index (Phi) is 7.95. The van der Waals surface area contributed by atoms with E-state index >= 15 is 0 Å². The first-order valence-corrected chi connectivity index (χ1v) is 13.0. The van der Waals surface area contributed by atoms with Gasteiger partial charge in [0.05, 0.1) is 17.7 Å². The number of amides is 3. The van der Waals surface area contributed by atoms with Crippen LogP contribution in [0.15, 0.2) is 24.5 Å². The van der Waals surface area contributed by atoms with Crippen LogP contribution in [0.5, 0.6) is 0 Å². The highest BCUT2D eigenvalue weighted by molar-refractivity contribution is 7.17. The van der Waals surface area contributed by atoms with E-state index < -0.39 is 0 Å². The van der Waals surface area contributed by atoms with Gasteiger partial charge >= 0.3 is 0 Å². The van der Waals surface area contributed by atoms with Gasteiger partial charge in [-0.05, 0) is 57.2 Å². The highest BCUT2D eigenvalue weighted by Gasteiger charge is 2.31. The van der Waals surface area contributed by atoms with E-state index in [0.717, 1.165) is 31.2 Å². The van der Waals surface area contributed by atoms with Gasteiger partial charge in [-0.15, -0.1) is 11.3 Å². The van der Waals surface area contributed by atoms with E-state index in [-0.39, 0.29) is 17.7 Å². The SMILES string of the molecule is CCN(CC)C(=O)CN1CCN(C(=O)c2c(NC(=O)c3cccnc3)sc3c2CCCC3)CC1. The zero-order valence-electron chi connectivity index (χ0n) is 20.0. The van der Waals surface area contributed by atoms with Crippen LogP contribution in [0.25, 0.3) is 0 Å². The topological polar surface area (TPSA) is 85.9 Å². The van der Waals surface area contributed by atoms with Crippen LogP contribution in [-0.2, 0) is 17.6 Å². The number of pyridine rings is 1. The molecule has 1 aliphatic heterocycles. The van der Waals surface area contributed by atoms with E-state index in [0.29, 0.717) is 61.9 Å². The van der Waals surface area contributed by atoms with Gasteiger partial charge in [-0.2, -0.15) is 0 Å². The van der Waals surface area contributed by atoms with Crippen LogP contribution in [0.2, 0.25) is 0 Å². The lowest BCUT2D eigenvalue weighted by molar-refractivity contribution is -0.132. The molecule has 4 rings (SSSR count). The summed E-state index contributed by atoms with van der Waals surface area (Å²) in [5.74, 6) is -0.131. The maximum Gasteiger partial charge on any atom is 0.257 e. The molecule has 1 saturated heterocycles. The number of fused-ring (bicyclic) bond motifs is 1. The van der Waals surface area contributed by atoms with Gasteiger partial charge in [0, 0.05) is 56.5 Å². The summed E-state index contributed by atoms with van der Waals surface area (Å²) in [4.78, 5) is 50.0. The van der Waals surface area contributed by atoms with E-state index in [1.54, 1.807) is 18.3 Å². The number of likely N-dealkylation sites (N-methyl/N-ethyl adjacent to an activating group) is 1. The van der Waals surface area contributed by atoms with Gasteiger partial charge in [-0.1, -0.05) is 0 Å². The monoisotopic (exact) mass is 483 g/mol. The molecule has 3 heterocycles. The van der Waals surface area contributed by atoms with Gasteiger partial charge in [0.2, 0.25) is 5.91 Å². The molecule has 182 valence electrons. The van der Waals surface area contributed by atoms with Crippen LogP contribution < -0.4 is 5.32 Å². The molecule has 1 aliphatic carbocycles. The van der Waals surface area contributed by atoms with Crippen molar-refractivity contribution < 1.29 is 14.4 Å². The summed E-state index contributed by atoms with van der Waals surface area (Å²) in [6.45, 7) is 8.29. The lowest BCUT2D eigenvalue weighted by Gasteiger charge is -2.35. The number of anilines is 1. The fourth-order valence-corrected chi connectivity index (χ4v) is 5.96. The summed E-state index contributed by atoms with van der Waals surface area (Å²) in [5.41, 5.74) is 2.23. The van der Waals surface area contributed by atoms with Crippen molar-refractivity contribution in [1.29, 1.82) is 0 Å². The van der Waals surface area contributed by atoms with Crippen LogP contribution in [0.1, 0.15) is 57.8 Å². The fourth-order valence-electron chi connectivity index (χ4n) is 4.69. The van der Waals surface area contributed by atoms with Crippen molar-refractivity contribution in [2.75, 3.05) is 51.1 Å². The van der Waals surface area contributed by atoms with Crippen molar-refractivity contribution in [3.05, 3.63) is 46.1 Å². The van der Waals surface area contributed by atoms with Crippen LogP contribution in [0.3, 0.4) is 0 Å². The fraction of sp³-hybridized carbons (Fsp3) is 0.520. The smallest absolute Gasteiger partial charge is 0.257 e. The number of carbonyl (C=O) groups excluding carboxylic acids is 3. The molecular weight excluding hydrogens is 450 g/mol. The third-order valence-electron chi connectivity index (χ3n) is 6.67. The van der Waals surface area contributed by atoms with E-state index in [1.807, 2.05) is 23.6 Å². The summed E-state index contributed by atoms with van der Waals surface area (Å²) in [6.07, 6.45) is 7.14. The predicted molar refractivity (Wildman–Crippen MR) is 133 cm³/mol. The summed E-state index contributed by atoms with van der Waals surface area (Å²) >= 11 is 1.53. The van der Waals surface area contributed by atoms with Crippen LogP contribution in [0, 0.1) is 0 Å². The minimum absolute atomic E-state index is 0.0180. The molecule has 8 nitrogen and oxygen atoms in total. The lowest BCUT2D eigenvalue weighted by atomic mass is 9.95. The first-order valence-electron chi connectivity index (χ1n) is 12.2. The van der Waals surface area contributed by atoms with Crippen molar-refractivity contribution >= 4 is 34.1 Å². The van der Waals surface area contributed by atoms with Crippen LogP contribution >= 0.6 is 11.3 Å². The van der Waals surface area contributed by atoms with Crippen LogP contribution in [-0.4, -0.2) is 83.2 Å². The Bertz CT molecular complexity index is 1030. The van der Waals surface area contributed by atoms with E-state index in [9.17, 15) is 14.4 Å². The molecule has 2 aromatic rings. The molecule has 0 radical (unpaired) electrons. The quantitative estimate of drug-likeness (QED) is 0.655. The summed E-state index contributed by atoms with van der Waals surface area (Å²) < 4.78 is 0. The van der Waals surface area contributed by atoms with E-state index in [1.165, 1.54) is 22.4 Å². The van der Waals surface area contributed by atoms with Crippen molar-refractivity contribution in [2.45, 2.75) is 39.5 Å². The second-order valence-electron chi connectivity index (χ2n) is 8.75. The van der Waals surface area contributed by atoms with Gasteiger partial charge in [-0.3, -0.25) is 24.3 Å². The lowest BCUT2D eigenvalue weighted by Crippen LogP contribution is -2.51. The third-order valence-corrected chi connectivity index (χ3v) is 7.88. The molecule has 2 aliphatic rings. The second-order valence-corrected chi connectivity index (χ2v) is 9.85. The second kappa shape index (κ2) is 11.1. The number of hydrogen-bond acceptors (Lipinski definition) is 6. The Morgan fingerprint density at radius 2 is 1.82 bits per heavy atom. The highest BCUT2D eigenvalue weighted by atomic mass is 32.1. The van der Waals surface area contributed by atoms with Gasteiger partial charge in [0.15, 0.2) is 0 Å². The maximum atomic E-state index is 13.7. The average molecular weight is 484 g/mol. The zero-order chi connectivity index (χ0) is 24.1. The molecule has 1 N–H and O–H groups in total. The van der Waals surface area contributed by atoms with Crippen molar-refractivity contribution in [3.63, 3.8) is 0 Å². The normalized spacial score (nSPS) is 16.1. The van der Waals surface area contributed by atoms with Gasteiger partial charge < -0.3 is 15.1 Å². The standard InChI is InChI=1S/C25H33N5O3S/c1-3-29(4-2)21(31)17-28-12-14-30(15-13-28)25(33)22-19-9-5-6-10-20(19)34-24(22)27-23(32)18-8-7-11-26-16-18/h7-8,11,16H,3-6,9-10,12-15,17H2,1-2H3,(H,27,32). The Hall–Kier alpha value is -2.78. The van der Waals surface area contributed by atoms with Crippen molar-refractivity contribution in [3.8, 4) is 0 Å². The molecule has 0 atom stereocenters. The maximum absolute atomic E-state index is 13.7. The number of thiophene rings is 1. The summed E-state index contributed by atoms with van der Waals surface area (Å²) in [5, 5.41) is 3.64. The molecule has 2 aromatic heterocycles. The zero-order valence-corrected chi connectivity index (χ0v) is 20.8. The van der Waals surface area contributed by atoms with E-state index in [4.69, 9.17) is 0 Å². The minimum atomic E-state index is -0.250. The third kappa shape index (κ3) is 5.31. The number of rotatable bonds is 7. The Morgan fingerprint density at radius 1 is 1.09 bits per heavy atom. The minimum Gasteiger partial charge on any atom is -0.342 e. The number of aryl methyl sites for hydroxylation is 1. The summed E-state index contributed by atoms with van der Waals surface area (Å²) in [7, 11) is 0. The van der Waals surface area contributed by atoms with Crippen LogP contribution in [0.4, 0.5) is 5.00 Å². The molecule has 3 amide bonds. The molecule has 34 heavy (non-hydrogen) atoms. The predicted octanol–water partition coefficient (Wildman–Crippen LogP) is 2.90. The molecule has 1 fully saturated rings. The molecule has 0 spiro atoms. The van der Waals surface area contributed by atoms with Gasteiger partial charge in [-0.25, -0.2) is 0 Å². The Balaban J connectivity index is 1.47. The molecule has 0 unspecified atom stereocenters. The summed E-state index contributed by atoms with van der Waals surface area (Å²) in [6, 6.07) is 3.45. The number of nitrogens with zero attached hydrogens (tertiary/aromatic N) is 4. The highest BCUT2D eigenvalue weighted by Crippen LogP contribution is 2.39. The van der Waals surface area contributed by atoms with Crippen molar-refractivity contribution in [1.82, 2.24) is 19.7 Å². The molecule has 9 heteroatoms. The number of carbonyl (C=O) groups is 3. The molecule has 0 bridgehead atoms. The average Bonchev–Trinajstić information content (AvgIpc) is 3.23. The number of piperazine rings is 1. The first-order chi connectivity index (χ1) is 16.5. The number of hydrogen-bond donors (Lipinski definition) is 1.